The van der Waals surface area contributed by atoms with E-state index in [9.17, 15) is 8.42 Å². The zero-order chi connectivity index (χ0) is 16.7. The molecular weight excluding hydrogens is 463 g/mol. The highest BCUT2D eigenvalue weighted by Crippen LogP contribution is 2.14. The molecule has 0 spiro atoms. The van der Waals surface area contributed by atoms with E-state index in [1.54, 1.807) is 7.05 Å². The maximum atomic E-state index is 11.7. The highest BCUT2D eigenvalue weighted by atomic mass is 127. The van der Waals surface area contributed by atoms with Gasteiger partial charge < -0.3 is 10.6 Å². The van der Waals surface area contributed by atoms with Gasteiger partial charge in [0.15, 0.2) is 5.96 Å². The third-order valence-electron chi connectivity index (χ3n) is 3.73. The van der Waals surface area contributed by atoms with Gasteiger partial charge in [0.05, 0.1) is 5.75 Å². The van der Waals surface area contributed by atoms with Gasteiger partial charge in [-0.05, 0) is 24.5 Å². The lowest BCUT2D eigenvalue weighted by molar-refractivity contribution is 0.445. The first-order chi connectivity index (χ1) is 11.0. The van der Waals surface area contributed by atoms with Crippen LogP contribution in [-0.4, -0.2) is 57.7 Å². The van der Waals surface area contributed by atoms with E-state index in [1.165, 1.54) is 4.31 Å². The van der Waals surface area contributed by atoms with Gasteiger partial charge in [0.1, 0.15) is 0 Å². The first-order valence-corrected chi connectivity index (χ1v) is 9.67. The summed E-state index contributed by atoms with van der Waals surface area (Å²) in [6.45, 7) is 2.31. The molecule has 24 heavy (non-hydrogen) atoms. The van der Waals surface area contributed by atoms with E-state index in [0.717, 1.165) is 17.0 Å². The van der Waals surface area contributed by atoms with Crippen LogP contribution in [-0.2, 0) is 16.4 Å². The molecule has 136 valence electrons. The molecule has 6 nitrogen and oxygen atoms in total. The molecule has 2 rings (SSSR count). The van der Waals surface area contributed by atoms with Crippen molar-refractivity contribution in [1.82, 2.24) is 14.9 Å². The van der Waals surface area contributed by atoms with Gasteiger partial charge in [0.25, 0.3) is 0 Å². The van der Waals surface area contributed by atoms with Crippen LogP contribution in [0.15, 0.2) is 29.3 Å². The van der Waals surface area contributed by atoms with Crippen molar-refractivity contribution in [3.05, 3.63) is 34.9 Å². The smallest absolute Gasteiger partial charge is 0.214 e. The molecule has 0 aromatic heterocycles. The van der Waals surface area contributed by atoms with E-state index < -0.39 is 10.0 Å². The molecule has 0 amide bonds. The quantitative estimate of drug-likeness (QED) is 0.365. The van der Waals surface area contributed by atoms with Crippen molar-refractivity contribution < 1.29 is 8.42 Å². The number of hydrogen-bond donors (Lipinski definition) is 2. The van der Waals surface area contributed by atoms with E-state index in [2.05, 4.69) is 15.6 Å². The van der Waals surface area contributed by atoms with Gasteiger partial charge >= 0.3 is 0 Å². The van der Waals surface area contributed by atoms with E-state index in [4.69, 9.17) is 11.6 Å². The maximum absolute atomic E-state index is 11.7. The summed E-state index contributed by atoms with van der Waals surface area (Å²) in [5.74, 6) is 0.923. The Morgan fingerprint density at radius 2 is 2.00 bits per heavy atom. The average Bonchev–Trinajstić information content (AvgIpc) is 2.86. The lowest BCUT2D eigenvalue weighted by atomic mass is 10.1. The molecule has 1 aromatic rings. The van der Waals surface area contributed by atoms with E-state index in [1.807, 2.05) is 24.3 Å². The van der Waals surface area contributed by atoms with Crippen LogP contribution >= 0.6 is 35.6 Å². The Balaban J connectivity index is 0.00000288. The molecule has 9 heteroatoms. The number of aliphatic imine (C=N–C) groups is 1. The summed E-state index contributed by atoms with van der Waals surface area (Å²) in [5, 5.41) is 7.10. The molecule has 1 aromatic carbocycles. The molecule has 1 saturated heterocycles. The molecule has 0 saturated carbocycles. The highest BCUT2D eigenvalue weighted by molar-refractivity contribution is 14.0. The Kier molecular flexibility index (Phi) is 9.32. The number of sulfonamides is 1. The van der Waals surface area contributed by atoms with E-state index in [-0.39, 0.29) is 29.7 Å². The lowest BCUT2D eigenvalue weighted by Crippen LogP contribution is -2.42. The van der Waals surface area contributed by atoms with Gasteiger partial charge in [-0.1, -0.05) is 29.8 Å². The number of guanidine groups is 1. The number of nitrogens with one attached hydrogen (secondary N) is 2. The number of halogens is 2. The molecule has 0 bridgehead atoms. The molecule has 1 aliphatic rings. The molecule has 0 radical (unpaired) electrons. The first kappa shape index (κ1) is 21.5. The lowest BCUT2D eigenvalue weighted by Gasteiger charge is -2.16. The number of benzene rings is 1. The molecule has 2 N–H and O–H groups in total. The first-order valence-electron chi connectivity index (χ1n) is 7.68. The van der Waals surface area contributed by atoms with Crippen LogP contribution in [0.25, 0.3) is 0 Å². The summed E-state index contributed by atoms with van der Waals surface area (Å²) >= 11 is 6.12. The van der Waals surface area contributed by atoms with Crippen molar-refractivity contribution in [2.24, 2.45) is 4.99 Å². The predicted molar refractivity (Wildman–Crippen MR) is 110 cm³/mol. The molecule has 1 aliphatic heterocycles. The molecule has 0 unspecified atom stereocenters. The van der Waals surface area contributed by atoms with Crippen LogP contribution < -0.4 is 10.6 Å². The minimum atomic E-state index is -3.03. The second kappa shape index (κ2) is 10.4. The summed E-state index contributed by atoms with van der Waals surface area (Å²) in [6, 6.07) is 7.75. The Bertz CT molecular complexity index is 655. The minimum absolute atomic E-state index is 0. The van der Waals surface area contributed by atoms with Crippen LogP contribution in [0.1, 0.15) is 12.0 Å². The Hall–Kier alpha value is -0.580. The molecular formula is C15H24ClIN4O2S. The van der Waals surface area contributed by atoms with Crippen molar-refractivity contribution in [1.29, 1.82) is 0 Å². The highest BCUT2D eigenvalue weighted by Gasteiger charge is 2.27. The maximum Gasteiger partial charge on any atom is 0.214 e. The SMILES string of the molecule is CN=C(NCCc1ccccc1Cl)NCCN1CCCS1(=O)=O.I. The van der Waals surface area contributed by atoms with Crippen LogP contribution in [0.3, 0.4) is 0 Å². The number of hydrogen-bond acceptors (Lipinski definition) is 3. The largest absolute Gasteiger partial charge is 0.356 e. The molecule has 1 fully saturated rings. The normalized spacial score (nSPS) is 17.3. The van der Waals surface area contributed by atoms with Gasteiger partial charge in [-0.2, -0.15) is 0 Å². The van der Waals surface area contributed by atoms with Gasteiger partial charge in [-0.15, -0.1) is 24.0 Å². The second-order valence-corrected chi connectivity index (χ2v) is 7.83. The zero-order valence-electron chi connectivity index (χ0n) is 13.7. The van der Waals surface area contributed by atoms with Crippen molar-refractivity contribution in [2.45, 2.75) is 12.8 Å². The Morgan fingerprint density at radius 1 is 1.29 bits per heavy atom. The van der Waals surface area contributed by atoms with Crippen molar-refractivity contribution >= 4 is 51.6 Å². The average molecular weight is 487 g/mol. The Labute approximate surface area is 166 Å². The summed E-state index contributed by atoms with van der Waals surface area (Å²) in [4.78, 5) is 4.14. The Morgan fingerprint density at radius 3 is 2.62 bits per heavy atom. The number of nitrogens with zero attached hydrogens (tertiary/aromatic N) is 2. The van der Waals surface area contributed by atoms with Crippen molar-refractivity contribution in [3.63, 3.8) is 0 Å². The van der Waals surface area contributed by atoms with Crippen LogP contribution in [0.2, 0.25) is 5.02 Å². The fourth-order valence-electron chi connectivity index (χ4n) is 2.48. The monoisotopic (exact) mass is 486 g/mol. The molecule has 0 atom stereocenters. The van der Waals surface area contributed by atoms with Crippen LogP contribution in [0.4, 0.5) is 0 Å². The third kappa shape index (κ3) is 6.38. The fraction of sp³-hybridized carbons (Fsp3) is 0.533. The molecule has 0 aliphatic carbocycles. The van der Waals surface area contributed by atoms with E-state index >= 15 is 0 Å². The standard InChI is InChI=1S/C15H23ClN4O2S.HI/c1-17-15(18-8-7-13-5-2-3-6-14(13)16)19-9-11-20-10-4-12-23(20,21)22;/h2-3,5-6H,4,7-12H2,1H3,(H2,17,18,19);1H. The summed E-state index contributed by atoms with van der Waals surface area (Å²) in [6.07, 6.45) is 1.51. The van der Waals surface area contributed by atoms with Gasteiger partial charge in [-0.25, -0.2) is 12.7 Å². The van der Waals surface area contributed by atoms with Gasteiger partial charge in [0.2, 0.25) is 10.0 Å². The fourth-order valence-corrected chi connectivity index (χ4v) is 4.24. The third-order valence-corrected chi connectivity index (χ3v) is 6.05. The van der Waals surface area contributed by atoms with Crippen molar-refractivity contribution in [2.75, 3.05) is 39.0 Å². The van der Waals surface area contributed by atoms with Gasteiger partial charge in [0, 0.05) is 38.2 Å². The summed E-state index contributed by atoms with van der Waals surface area (Å²) in [5.41, 5.74) is 1.08. The van der Waals surface area contributed by atoms with E-state index in [0.29, 0.717) is 38.6 Å². The topological polar surface area (TPSA) is 73.8 Å². The van der Waals surface area contributed by atoms with Crippen molar-refractivity contribution in [3.8, 4) is 0 Å². The van der Waals surface area contributed by atoms with Crippen LogP contribution in [0.5, 0.6) is 0 Å². The van der Waals surface area contributed by atoms with Crippen LogP contribution in [0, 0.1) is 0 Å². The zero-order valence-corrected chi connectivity index (χ0v) is 17.6. The second-order valence-electron chi connectivity index (χ2n) is 5.34. The van der Waals surface area contributed by atoms with Gasteiger partial charge in [-0.3, -0.25) is 4.99 Å². The molecule has 1 heterocycles. The predicted octanol–water partition coefficient (Wildman–Crippen LogP) is 1.70. The minimum Gasteiger partial charge on any atom is -0.356 e. The summed E-state index contributed by atoms with van der Waals surface area (Å²) < 4.78 is 24.9. The number of rotatable bonds is 6. The summed E-state index contributed by atoms with van der Waals surface area (Å²) in [7, 11) is -1.34.